The van der Waals surface area contributed by atoms with Crippen LogP contribution < -0.4 is 20.7 Å². The molecule has 28 heavy (non-hydrogen) atoms. The number of amides is 1. The first kappa shape index (κ1) is 18.0. The van der Waals surface area contributed by atoms with Gasteiger partial charge in [-0.2, -0.15) is 4.98 Å². The Labute approximate surface area is 161 Å². The molecule has 1 amide bonds. The number of imidazole rings is 1. The van der Waals surface area contributed by atoms with Crippen molar-refractivity contribution in [2.24, 2.45) is 0 Å². The Morgan fingerprint density at radius 2 is 2.11 bits per heavy atom. The van der Waals surface area contributed by atoms with Crippen LogP contribution in [0.3, 0.4) is 0 Å². The molecule has 1 aliphatic rings. The van der Waals surface area contributed by atoms with Crippen LogP contribution in [0.4, 0.5) is 22.1 Å². The van der Waals surface area contributed by atoms with Crippen LogP contribution in [-0.4, -0.2) is 52.4 Å². The fourth-order valence-corrected chi connectivity index (χ4v) is 3.01. The third-order valence-corrected chi connectivity index (χ3v) is 4.33. The van der Waals surface area contributed by atoms with E-state index in [0.29, 0.717) is 41.9 Å². The van der Waals surface area contributed by atoms with Crippen LogP contribution >= 0.6 is 0 Å². The monoisotopic (exact) mass is 383 g/mol. The summed E-state index contributed by atoms with van der Waals surface area (Å²) in [5.74, 6) is 1.55. The van der Waals surface area contributed by atoms with Crippen molar-refractivity contribution in [2.45, 2.75) is 19.6 Å². The lowest BCUT2D eigenvalue weighted by atomic mass is 10.2. The lowest BCUT2D eigenvalue weighted by Gasteiger charge is -2.16. The second-order valence-electron chi connectivity index (χ2n) is 6.49. The Balaban J connectivity index is 1.86. The summed E-state index contributed by atoms with van der Waals surface area (Å²) in [6, 6.07) is 4.98. The number of methoxy groups -OCH3 is 1. The molecule has 1 atom stereocenters. The van der Waals surface area contributed by atoms with Gasteiger partial charge in [0.15, 0.2) is 5.65 Å². The van der Waals surface area contributed by atoms with Crippen molar-refractivity contribution in [1.29, 1.82) is 0 Å². The van der Waals surface area contributed by atoms with Gasteiger partial charge < -0.3 is 25.4 Å². The fourth-order valence-electron chi connectivity index (χ4n) is 3.01. The number of rotatable bonds is 2. The third kappa shape index (κ3) is 3.41. The van der Waals surface area contributed by atoms with E-state index < -0.39 is 0 Å². The van der Waals surface area contributed by atoms with E-state index in [1.54, 1.807) is 14.2 Å². The minimum Gasteiger partial charge on any atom is -0.481 e. The first-order chi connectivity index (χ1) is 13.6. The van der Waals surface area contributed by atoms with Gasteiger partial charge in [0.1, 0.15) is 23.5 Å². The highest BCUT2D eigenvalue weighted by atomic mass is 16.5. The van der Waals surface area contributed by atoms with Crippen molar-refractivity contribution >= 4 is 34.5 Å². The summed E-state index contributed by atoms with van der Waals surface area (Å²) < 4.78 is 12.4. The van der Waals surface area contributed by atoms with Crippen molar-refractivity contribution in [3.8, 4) is 5.88 Å². The molecule has 10 nitrogen and oxygen atoms in total. The highest BCUT2D eigenvalue weighted by molar-refractivity contribution is 5.94. The van der Waals surface area contributed by atoms with Gasteiger partial charge in [-0.25, -0.2) is 19.3 Å². The van der Waals surface area contributed by atoms with E-state index in [4.69, 9.17) is 9.47 Å². The smallest absolute Gasteiger partial charge is 0.328 e. The van der Waals surface area contributed by atoms with E-state index in [1.165, 1.54) is 10.9 Å². The predicted molar refractivity (Wildman–Crippen MR) is 104 cm³/mol. The summed E-state index contributed by atoms with van der Waals surface area (Å²) in [4.78, 5) is 26.0. The molecule has 0 aromatic carbocycles. The van der Waals surface area contributed by atoms with Crippen LogP contribution in [0.2, 0.25) is 0 Å². The van der Waals surface area contributed by atoms with Gasteiger partial charge in [0.05, 0.1) is 32.1 Å². The number of pyridine rings is 2. The average Bonchev–Trinajstić information content (AvgIpc) is 3.10. The molecule has 3 N–H and O–H groups in total. The van der Waals surface area contributed by atoms with Crippen LogP contribution in [0.25, 0.3) is 11.2 Å². The Morgan fingerprint density at radius 3 is 2.89 bits per heavy atom. The largest absolute Gasteiger partial charge is 0.481 e. The number of aromatic nitrogens is 4. The van der Waals surface area contributed by atoms with Crippen LogP contribution in [0, 0.1) is 0 Å². The number of nitrogens with zero attached hydrogens (tertiary/aromatic N) is 4. The van der Waals surface area contributed by atoms with E-state index in [9.17, 15) is 4.79 Å². The third-order valence-electron chi connectivity index (χ3n) is 4.33. The van der Waals surface area contributed by atoms with E-state index in [2.05, 4.69) is 30.9 Å². The lowest BCUT2D eigenvalue weighted by Crippen LogP contribution is -2.38. The Hall–Kier alpha value is -3.40. The number of carbonyl (C=O) groups is 1. The van der Waals surface area contributed by atoms with Crippen molar-refractivity contribution < 1.29 is 14.3 Å². The number of hydrogen-bond donors (Lipinski definition) is 3. The summed E-state index contributed by atoms with van der Waals surface area (Å²) in [6.45, 7) is 2.59. The van der Waals surface area contributed by atoms with E-state index in [1.807, 2.05) is 25.1 Å². The number of fused-ring (bicyclic) bond motifs is 3. The molecule has 0 unspecified atom stereocenters. The molecule has 0 fully saturated rings. The fraction of sp³-hybridized carbons (Fsp3) is 0.333. The second-order valence-corrected chi connectivity index (χ2v) is 6.49. The molecule has 0 saturated heterocycles. The van der Waals surface area contributed by atoms with E-state index in [-0.39, 0.29) is 12.1 Å². The first-order valence-corrected chi connectivity index (χ1v) is 8.84. The maximum Gasteiger partial charge on any atom is 0.328 e. The molecule has 0 radical (unpaired) electrons. The number of hydrogen-bond acceptors (Lipinski definition) is 8. The molecule has 0 aliphatic carbocycles. The molecular weight excluding hydrogens is 362 g/mol. The van der Waals surface area contributed by atoms with Crippen molar-refractivity contribution in [2.75, 3.05) is 31.4 Å². The molecule has 4 heterocycles. The van der Waals surface area contributed by atoms with Gasteiger partial charge >= 0.3 is 6.03 Å². The zero-order valence-corrected chi connectivity index (χ0v) is 15.8. The lowest BCUT2D eigenvalue weighted by molar-refractivity contribution is 0.104. The van der Waals surface area contributed by atoms with Gasteiger partial charge in [0, 0.05) is 19.2 Å². The number of ether oxygens (including phenoxy) is 2. The Bertz CT molecular complexity index is 1030. The maximum atomic E-state index is 12.7. The maximum absolute atomic E-state index is 12.7. The van der Waals surface area contributed by atoms with Gasteiger partial charge in [0.25, 0.3) is 0 Å². The van der Waals surface area contributed by atoms with Crippen molar-refractivity contribution in [1.82, 2.24) is 24.8 Å². The van der Waals surface area contributed by atoms with Gasteiger partial charge in [-0.15, -0.1) is 0 Å². The Morgan fingerprint density at radius 1 is 1.29 bits per heavy atom. The van der Waals surface area contributed by atoms with Crippen LogP contribution in [0.5, 0.6) is 5.88 Å². The standard InChI is InChI=1S/C18H21N7O3/c1-10-7-28-8-11-4-13(23-15(5-11)27-3)22-14-6-12(19-2)16-17(24-14)25(9-20-16)18(26)21-10/h4-6,9-10H,7-8H2,1-3H3,(H,21,26)(H2,19,22,23,24)/t10-/m1/s1. The number of nitrogens with one attached hydrogen (secondary N) is 3. The van der Waals surface area contributed by atoms with E-state index in [0.717, 1.165) is 11.3 Å². The molecule has 10 heteroatoms. The summed E-state index contributed by atoms with van der Waals surface area (Å²) in [5.41, 5.74) is 2.66. The highest BCUT2D eigenvalue weighted by Gasteiger charge is 2.18. The molecule has 146 valence electrons. The average molecular weight is 383 g/mol. The summed E-state index contributed by atoms with van der Waals surface area (Å²) in [7, 11) is 3.35. The van der Waals surface area contributed by atoms with Crippen molar-refractivity contribution in [3.63, 3.8) is 0 Å². The molecule has 4 bridgehead atoms. The van der Waals surface area contributed by atoms with E-state index >= 15 is 0 Å². The number of anilines is 3. The summed E-state index contributed by atoms with van der Waals surface area (Å²) in [6.07, 6.45) is 1.46. The topological polar surface area (TPSA) is 115 Å². The quantitative estimate of drug-likeness (QED) is 0.616. The summed E-state index contributed by atoms with van der Waals surface area (Å²) >= 11 is 0. The Kier molecular flexibility index (Phi) is 4.70. The highest BCUT2D eigenvalue weighted by Crippen LogP contribution is 2.27. The molecule has 3 aromatic heterocycles. The zero-order valence-electron chi connectivity index (χ0n) is 15.8. The predicted octanol–water partition coefficient (Wildman–Crippen LogP) is 2.10. The summed E-state index contributed by atoms with van der Waals surface area (Å²) in [5, 5.41) is 9.16. The van der Waals surface area contributed by atoms with Gasteiger partial charge in [0.2, 0.25) is 5.88 Å². The van der Waals surface area contributed by atoms with Crippen LogP contribution in [0.15, 0.2) is 24.5 Å². The molecule has 3 aromatic rings. The zero-order chi connectivity index (χ0) is 19.7. The number of carbonyl (C=O) groups excluding carboxylic acids is 1. The minimum absolute atomic E-state index is 0.193. The molecule has 0 spiro atoms. The van der Waals surface area contributed by atoms with Crippen LogP contribution in [0.1, 0.15) is 12.5 Å². The van der Waals surface area contributed by atoms with Gasteiger partial charge in [-0.1, -0.05) is 0 Å². The van der Waals surface area contributed by atoms with Gasteiger partial charge in [-0.05, 0) is 18.6 Å². The second kappa shape index (κ2) is 7.31. The normalized spacial score (nSPS) is 17.0. The SMILES string of the molecule is CNc1cc2nc3c1ncn3C(=O)N[C@H](C)COCc1cc(nc(OC)c1)N2. The van der Waals surface area contributed by atoms with Gasteiger partial charge in [-0.3, -0.25) is 0 Å². The first-order valence-electron chi connectivity index (χ1n) is 8.84. The molecular formula is C18H21N7O3. The van der Waals surface area contributed by atoms with Crippen molar-refractivity contribution in [3.05, 3.63) is 30.1 Å². The molecule has 0 saturated carbocycles. The molecule has 4 rings (SSSR count). The molecule has 1 aliphatic heterocycles. The minimum atomic E-state index is -0.319. The van der Waals surface area contributed by atoms with Crippen LogP contribution in [-0.2, 0) is 11.3 Å².